The van der Waals surface area contributed by atoms with Gasteiger partial charge in [-0.2, -0.15) is 9.50 Å². The smallest absolute Gasteiger partial charge is 0.272 e. The summed E-state index contributed by atoms with van der Waals surface area (Å²) < 4.78 is 12.1. The molecule has 0 radical (unpaired) electrons. The number of hydrogen-bond acceptors (Lipinski definition) is 8. The number of anilines is 1. The first-order valence-electron chi connectivity index (χ1n) is 7.23. The lowest BCUT2D eigenvalue weighted by atomic mass is 10.1. The molecular formula is C14H12N6O4S. The second kappa shape index (κ2) is 6.09. The van der Waals surface area contributed by atoms with Crippen molar-refractivity contribution in [1.29, 1.82) is 0 Å². The van der Waals surface area contributed by atoms with Crippen molar-refractivity contribution in [2.75, 3.05) is 17.9 Å². The molecule has 3 aromatic rings. The molecule has 3 heterocycles. The summed E-state index contributed by atoms with van der Waals surface area (Å²) in [6, 6.07) is 3.16. The summed E-state index contributed by atoms with van der Waals surface area (Å²) >= 11 is 1.19. The molecule has 128 valence electrons. The number of fused-ring (bicyclic) bond motifs is 2. The molecule has 0 saturated carbocycles. The van der Waals surface area contributed by atoms with E-state index < -0.39 is 0 Å². The molecule has 25 heavy (non-hydrogen) atoms. The van der Waals surface area contributed by atoms with E-state index in [9.17, 15) is 9.59 Å². The van der Waals surface area contributed by atoms with Crippen LogP contribution in [0.5, 0.6) is 11.5 Å². The first kappa shape index (κ1) is 15.4. The maximum atomic E-state index is 12.3. The van der Waals surface area contributed by atoms with Crippen molar-refractivity contribution in [3.63, 3.8) is 0 Å². The molecule has 1 aliphatic rings. The Morgan fingerprint density at radius 1 is 1.32 bits per heavy atom. The van der Waals surface area contributed by atoms with E-state index in [-0.39, 0.29) is 24.2 Å². The van der Waals surface area contributed by atoms with Crippen molar-refractivity contribution in [1.82, 2.24) is 24.8 Å². The first-order valence-corrected chi connectivity index (χ1v) is 8.22. The molecule has 1 amide bonds. The topological polar surface area (TPSA) is 124 Å². The molecule has 2 N–H and O–H groups in total. The summed E-state index contributed by atoms with van der Waals surface area (Å²) in [5.74, 6) is 1.02. The van der Waals surface area contributed by atoms with Crippen molar-refractivity contribution in [3.8, 4) is 11.5 Å². The average Bonchev–Trinajstić information content (AvgIpc) is 3.28. The van der Waals surface area contributed by atoms with Gasteiger partial charge in [-0.15, -0.1) is 10.2 Å². The van der Waals surface area contributed by atoms with Crippen LogP contribution in [0.4, 0.5) is 5.69 Å². The standard InChI is InChI=1S/C14H12N6O4S/c1-7(21)8-2-10-11(24-6-23-10)3-9(8)17-12(22)4-25-14-19-18-13-15-5-16-20(13)14/h2-3,5H,4,6H2,1H3,(H,17,22)(H,15,16,18). The Hall–Kier alpha value is -3.08. The molecule has 0 fully saturated rings. The van der Waals surface area contributed by atoms with Crippen LogP contribution in [0.25, 0.3) is 5.78 Å². The second-order valence-corrected chi connectivity index (χ2v) is 6.09. The van der Waals surface area contributed by atoms with Crippen LogP contribution in [0, 0.1) is 0 Å². The van der Waals surface area contributed by atoms with E-state index in [1.54, 1.807) is 16.6 Å². The molecule has 1 aromatic carbocycles. The van der Waals surface area contributed by atoms with Gasteiger partial charge in [-0.25, -0.2) is 0 Å². The van der Waals surface area contributed by atoms with Crippen LogP contribution in [-0.2, 0) is 4.79 Å². The molecule has 2 aromatic heterocycles. The fraction of sp³-hybridized carbons (Fsp3) is 0.214. The minimum Gasteiger partial charge on any atom is -0.454 e. The molecule has 0 atom stereocenters. The minimum absolute atomic E-state index is 0.0889. The third-order valence-corrected chi connectivity index (χ3v) is 4.41. The van der Waals surface area contributed by atoms with Crippen LogP contribution in [0.2, 0.25) is 0 Å². The van der Waals surface area contributed by atoms with E-state index in [0.717, 1.165) is 0 Å². The molecule has 0 aliphatic carbocycles. The Labute approximate surface area is 144 Å². The number of carbonyl (C=O) groups is 2. The van der Waals surface area contributed by atoms with E-state index in [2.05, 4.69) is 25.6 Å². The number of nitrogens with zero attached hydrogens (tertiary/aromatic N) is 4. The number of ether oxygens (including phenoxy) is 2. The third-order valence-electron chi connectivity index (χ3n) is 3.48. The lowest BCUT2D eigenvalue weighted by Gasteiger charge is -2.10. The van der Waals surface area contributed by atoms with Crippen molar-refractivity contribution >= 4 is 34.9 Å². The van der Waals surface area contributed by atoms with Crippen molar-refractivity contribution < 1.29 is 19.1 Å². The van der Waals surface area contributed by atoms with Gasteiger partial charge in [0.05, 0.1) is 11.4 Å². The van der Waals surface area contributed by atoms with Gasteiger partial charge in [-0.3, -0.25) is 14.7 Å². The summed E-state index contributed by atoms with van der Waals surface area (Å²) in [6.45, 7) is 1.51. The molecular weight excluding hydrogens is 348 g/mol. The van der Waals surface area contributed by atoms with Crippen molar-refractivity contribution in [2.24, 2.45) is 0 Å². The highest BCUT2D eigenvalue weighted by molar-refractivity contribution is 7.99. The third kappa shape index (κ3) is 2.89. The van der Waals surface area contributed by atoms with Gasteiger partial charge in [0.25, 0.3) is 5.78 Å². The van der Waals surface area contributed by atoms with Crippen LogP contribution in [0.1, 0.15) is 17.3 Å². The number of ketones is 1. The Morgan fingerprint density at radius 2 is 2.12 bits per heavy atom. The second-order valence-electron chi connectivity index (χ2n) is 5.15. The SMILES string of the molecule is CC(=O)c1cc2c(cc1NC(=O)CSc1nnc3nc[nH]n13)OCO2. The van der Waals surface area contributed by atoms with Gasteiger partial charge in [0.15, 0.2) is 17.3 Å². The Bertz CT molecular complexity index is 981. The van der Waals surface area contributed by atoms with E-state index >= 15 is 0 Å². The van der Waals surface area contributed by atoms with Crippen LogP contribution in [0.15, 0.2) is 23.6 Å². The highest BCUT2D eigenvalue weighted by atomic mass is 32.2. The molecule has 1 aliphatic heterocycles. The van der Waals surface area contributed by atoms with Crippen LogP contribution in [0.3, 0.4) is 0 Å². The first-order chi connectivity index (χ1) is 12.1. The van der Waals surface area contributed by atoms with Gasteiger partial charge in [0, 0.05) is 11.6 Å². The van der Waals surface area contributed by atoms with Crippen LogP contribution < -0.4 is 14.8 Å². The fourth-order valence-electron chi connectivity index (χ4n) is 2.35. The number of nitrogens with one attached hydrogen (secondary N) is 2. The highest BCUT2D eigenvalue weighted by Gasteiger charge is 2.20. The highest BCUT2D eigenvalue weighted by Crippen LogP contribution is 2.37. The lowest BCUT2D eigenvalue weighted by molar-refractivity contribution is -0.113. The summed E-state index contributed by atoms with van der Waals surface area (Å²) in [5.41, 5.74) is 0.747. The molecule has 0 saturated heterocycles. The molecule has 0 bridgehead atoms. The number of aromatic nitrogens is 5. The van der Waals surface area contributed by atoms with Gasteiger partial charge < -0.3 is 14.8 Å². The predicted molar refractivity (Wildman–Crippen MR) is 87.1 cm³/mol. The quantitative estimate of drug-likeness (QED) is 0.512. The Morgan fingerprint density at radius 3 is 2.92 bits per heavy atom. The summed E-state index contributed by atoms with van der Waals surface area (Å²) in [4.78, 5) is 28.0. The number of aromatic amines is 1. The van der Waals surface area contributed by atoms with E-state index in [1.165, 1.54) is 25.0 Å². The zero-order valence-corrected chi connectivity index (χ0v) is 13.8. The fourth-order valence-corrected chi connectivity index (χ4v) is 3.04. The zero-order valence-electron chi connectivity index (χ0n) is 13.0. The maximum absolute atomic E-state index is 12.3. The number of Topliss-reactive ketones (excluding diaryl/α,β-unsaturated/α-hetero) is 1. The van der Waals surface area contributed by atoms with Crippen molar-refractivity contribution in [3.05, 3.63) is 24.0 Å². The maximum Gasteiger partial charge on any atom is 0.272 e. The number of carbonyl (C=O) groups excluding carboxylic acids is 2. The number of thioether (sulfide) groups is 1. The minimum atomic E-state index is -0.289. The Balaban J connectivity index is 1.49. The molecule has 0 spiro atoms. The van der Waals surface area contributed by atoms with Gasteiger partial charge in [0.2, 0.25) is 17.9 Å². The lowest BCUT2D eigenvalue weighted by Crippen LogP contribution is -2.16. The van der Waals surface area contributed by atoms with Crippen molar-refractivity contribution in [2.45, 2.75) is 12.1 Å². The van der Waals surface area contributed by atoms with Gasteiger partial charge in [0.1, 0.15) is 6.33 Å². The number of benzene rings is 1. The summed E-state index contributed by atoms with van der Waals surface area (Å²) in [7, 11) is 0. The van der Waals surface area contributed by atoms with E-state index in [0.29, 0.717) is 33.7 Å². The Kier molecular flexibility index (Phi) is 3.76. The molecule has 4 rings (SSSR count). The average molecular weight is 360 g/mol. The largest absolute Gasteiger partial charge is 0.454 e. The van der Waals surface area contributed by atoms with Crippen LogP contribution >= 0.6 is 11.8 Å². The predicted octanol–water partition coefficient (Wildman–Crippen LogP) is 1.11. The number of rotatable bonds is 5. The van der Waals surface area contributed by atoms with E-state index in [1.807, 2.05) is 0 Å². The number of amides is 1. The normalized spacial score (nSPS) is 12.5. The number of hydrogen-bond donors (Lipinski definition) is 2. The molecule has 10 nitrogen and oxygen atoms in total. The monoisotopic (exact) mass is 360 g/mol. The molecule has 11 heteroatoms. The van der Waals surface area contributed by atoms with Crippen LogP contribution in [-0.4, -0.2) is 49.0 Å². The van der Waals surface area contributed by atoms with Gasteiger partial charge in [-0.1, -0.05) is 11.8 Å². The molecule has 0 unspecified atom stereocenters. The zero-order chi connectivity index (χ0) is 17.4. The number of H-pyrrole nitrogens is 1. The van der Waals surface area contributed by atoms with E-state index in [4.69, 9.17) is 9.47 Å². The summed E-state index contributed by atoms with van der Waals surface area (Å²) in [6.07, 6.45) is 1.49. The van der Waals surface area contributed by atoms with Gasteiger partial charge in [-0.05, 0) is 13.0 Å². The van der Waals surface area contributed by atoms with Gasteiger partial charge >= 0.3 is 0 Å². The summed E-state index contributed by atoms with van der Waals surface area (Å²) in [5, 5.41) is 13.9.